The molecule has 2 unspecified atom stereocenters. The van der Waals surface area contributed by atoms with Crippen molar-refractivity contribution in [2.75, 3.05) is 24.6 Å². The number of amides is 1. The number of anilines is 1. The first-order chi connectivity index (χ1) is 33.8. The number of alkyl halides is 3. The highest BCUT2D eigenvalue weighted by Crippen LogP contribution is 2.53. The molecule has 2 aliphatic heterocycles. The van der Waals surface area contributed by atoms with Gasteiger partial charge in [0.15, 0.2) is 13.9 Å². The summed E-state index contributed by atoms with van der Waals surface area (Å²) < 4.78 is 118. The van der Waals surface area contributed by atoms with Crippen LogP contribution >= 0.6 is 0 Å². The van der Waals surface area contributed by atoms with Crippen molar-refractivity contribution in [3.05, 3.63) is 108 Å². The summed E-state index contributed by atoms with van der Waals surface area (Å²) in [5, 5.41) is 1.76. The Morgan fingerprint density at radius 3 is 2.00 bits per heavy atom. The molecule has 6 aromatic rings. The number of pyridine rings is 1. The Morgan fingerprint density at radius 1 is 0.847 bits per heavy atom. The van der Waals surface area contributed by atoms with Crippen LogP contribution in [0.3, 0.4) is 0 Å². The number of hydrogen-bond donors (Lipinski definition) is 0. The predicted molar refractivity (Wildman–Crippen MR) is 263 cm³/mol. The van der Waals surface area contributed by atoms with Gasteiger partial charge in [-0.2, -0.15) is 18.4 Å². The Kier molecular flexibility index (Phi) is 12.9. The molecular formula is C52H54F5N5O8SSi. The van der Waals surface area contributed by atoms with Crippen molar-refractivity contribution < 1.29 is 57.8 Å². The Balaban J connectivity index is 1.17. The predicted octanol–water partition coefficient (Wildman–Crippen LogP) is 9.76. The van der Waals surface area contributed by atoms with Gasteiger partial charge in [-0.05, 0) is 103 Å². The number of piperazine rings is 1. The summed E-state index contributed by atoms with van der Waals surface area (Å²) in [7, 11) is -9.08. The number of nitrogens with zero attached hydrogens (tertiary/aromatic N) is 5. The minimum atomic E-state index is -5.75. The lowest BCUT2D eigenvalue weighted by atomic mass is 9.94. The number of carbonyl (C=O) groups excluding carboxylic acids is 2. The van der Waals surface area contributed by atoms with Crippen LogP contribution in [0.15, 0.2) is 91.1 Å². The van der Waals surface area contributed by atoms with E-state index >= 15 is 13.6 Å². The van der Waals surface area contributed by atoms with Gasteiger partial charge < -0.3 is 23.4 Å². The van der Waals surface area contributed by atoms with Crippen LogP contribution < -0.4 is 24.2 Å². The van der Waals surface area contributed by atoms with Crippen molar-refractivity contribution in [1.29, 1.82) is 0 Å². The highest BCUT2D eigenvalue weighted by atomic mass is 32.3. The Morgan fingerprint density at radius 2 is 1.46 bits per heavy atom. The van der Waals surface area contributed by atoms with Crippen molar-refractivity contribution in [1.82, 2.24) is 19.9 Å². The van der Waals surface area contributed by atoms with E-state index in [9.17, 15) is 26.4 Å². The lowest BCUT2D eigenvalue weighted by Gasteiger charge is -2.44. The van der Waals surface area contributed by atoms with Gasteiger partial charge in [0, 0.05) is 24.8 Å². The molecule has 2 bridgehead atoms. The zero-order chi connectivity index (χ0) is 51.8. The number of ether oxygens (including phenoxy) is 2. The molecule has 380 valence electrons. The lowest BCUT2D eigenvalue weighted by Crippen LogP contribution is -2.72. The lowest BCUT2D eigenvalue weighted by molar-refractivity contribution is -0.274. The largest absolute Gasteiger partial charge is 0.539 e. The van der Waals surface area contributed by atoms with Gasteiger partial charge in [-0.25, -0.2) is 13.6 Å². The molecule has 4 aromatic carbocycles. The SMILES string of the molecule is CCc1c(F)ccc2cc(OS(=O)(=O)OC(F)(F)F)cc(-c3ncc4c(N5CC6CCC(C5)N6C(=O)OC(C)(C)C)nc(OCC5(C(=O)[Si](c6ccccc6)(c6ccccc6)C(C)(C)C)CC5)nc4c3F)c12. The third-order valence-corrected chi connectivity index (χ3v) is 20.5. The fraction of sp³-hybridized carbons (Fsp3) is 0.404. The molecule has 1 saturated carbocycles. The smallest absolute Gasteiger partial charge is 0.462 e. The number of carbonyl (C=O) groups is 2. The molecule has 2 saturated heterocycles. The minimum Gasteiger partial charge on any atom is -0.462 e. The molecule has 1 amide bonds. The van der Waals surface area contributed by atoms with E-state index < -0.39 is 70.1 Å². The van der Waals surface area contributed by atoms with Crippen LogP contribution in [0, 0.1) is 17.0 Å². The monoisotopic (exact) mass is 1030 g/mol. The third-order valence-electron chi connectivity index (χ3n) is 13.9. The second kappa shape index (κ2) is 18.3. The molecular weight excluding hydrogens is 978 g/mol. The van der Waals surface area contributed by atoms with Gasteiger partial charge >= 0.3 is 28.9 Å². The molecule has 4 heterocycles. The van der Waals surface area contributed by atoms with Crippen LogP contribution in [-0.4, -0.2) is 91.6 Å². The van der Waals surface area contributed by atoms with Crippen molar-refractivity contribution in [3.8, 4) is 23.0 Å². The van der Waals surface area contributed by atoms with Gasteiger partial charge in [-0.15, -0.1) is 17.4 Å². The number of hydrogen-bond acceptors (Lipinski definition) is 12. The molecule has 0 spiro atoms. The first-order valence-corrected chi connectivity index (χ1v) is 27.1. The van der Waals surface area contributed by atoms with Gasteiger partial charge in [0.2, 0.25) is 0 Å². The van der Waals surface area contributed by atoms with Crippen molar-refractivity contribution >= 4 is 67.8 Å². The fourth-order valence-corrected chi connectivity index (χ4v) is 17.1. The maximum absolute atomic E-state index is 17.8. The number of aromatic nitrogens is 3. The minimum absolute atomic E-state index is 0.0668. The molecule has 2 atom stereocenters. The molecule has 3 aliphatic rings. The fourth-order valence-electron chi connectivity index (χ4n) is 10.7. The van der Waals surface area contributed by atoms with Crippen molar-refractivity contribution in [2.24, 2.45) is 5.41 Å². The first kappa shape index (κ1) is 50.7. The van der Waals surface area contributed by atoms with Crippen LogP contribution in [0.25, 0.3) is 32.9 Å². The maximum Gasteiger partial charge on any atom is 0.539 e. The van der Waals surface area contributed by atoms with Crippen LogP contribution in [0.4, 0.5) is 32.6 Å². The first-order valence-electron chi connectivity index (χ1n) is 23.7. The highest BCUT2D eigenvalue weighted by molar-refractivity contribution is 7.82. The van der Waals surface area contributed by atoms with Crippen LogP contribution in [0.5, 0.6) is 11.8 Å². The van der Waals surface area contributed by atoms with Crippen LogP contribution in [0.1, 0.15) is 79.7 Å². The maximum atomic E-state index is 17.8. The topological polar surface area (TPSA) is 150 Å². The normalized spacial score (nSPS) is 18.1. The molecule has 20 heteroatoms. The molecule has 72 heavy (non-hydrogen) atoms. The van der Waals surface area contributed by atoms with E-state index in [0.717, 1.165) is 28.6 Å². The Labute approximate surface area is 415 Å². The molecule has 2 aromatic heterocycles. The van der Waals surface area contributed by atoms with Crippen LogP contribution in [-0.2, 0) is 30.5 Å². The molecule has 13 nitrogen and oxygen atoms in total. The van der Waals surface area contributed by atoms with Gasteiger partial charge in [0.25, 0.3) is 0 Å². The zero-order valence-electron chi connectivity index (χ0n) is 40.8. The van der Waals surface area contributed by atoms with E-state index in [1.807, 2.05) is 65.6 Å². The average molecular weight is 1030 g/mol. The van der Waals surface area contributed by atoms with E-state index in [1.54, 1.807) is 32.6 Å². The standard InChI is InChI=1S/C52H54F5N5O8SSi/c1-8-37-40(53)22-19-31-25-34(69-71(65,66)70-52(55,56)57)26-38(41(31)37)43-42(54)44-39(27-58-43)45(61-28-32-20-21-33(29-61)62(32)48(64)68-49(2,3)4)60-47(59-44)67-30-51(23-24-51)46(63)72(50(5,6)7,35-15-11-9-12-16-35)36-17-13-10-14-18-36/h9-19,22,25-27,32-33H,8,20-21,23-24,28-30H2,1-7H3. The summed E-state index contributed by atoms with van der Waals surface area (Å²) in [6, 6.07) is 23.1. The summed E-state index contributed by atoms with van der Waals surface area (Å²) >= 11 is 0. The van der Waals surface area contributed by atoms with Crippen molar-refractivity contribution in [2.45, 2.75) is 110 Å². The second-order valence-corrected chi connectivity index (χ2v) is 26.5. The van der Waals surface area contributed by atoms with E-state index in [2.05, 4.69) is 34.9 Å². The third kappa shape index (κ3) is 9.48. The van der Waals surface area contributed by atoms with Crippen LogP contribution in [0.2, 0.25) is 5.04 Å². The molecule has 0 radical (unpaired) electrons. The number of rotatable bonds is 13. The summed E-state index contributed by atoms with van der Waals surface area (Å²) in [6.45, 7) is 13.7. The molecule has 3 fully saturated rings. The van der Waals surface area contributed by atoms with E-state index in [0.29, 0.717) is 25.7 Å². The number of fused-ring (bicyclic) bond motifs is 4. The van der Waals surface area contributed by atoms with Crippen molar-refractivity contribution in [3.63, 3.8) is 0 Å². The van der Waals surface area contributed by atoms with E-state index in [1.165, 1.54) is 12.3 Å². The molecule has 1 aliphatic carbocycles. The van der Waals surface area contributed by atoms with Gasteiger partial charge in [0.05, 0.1) is 22.9 Å². The average Bonchev–Trinajstić information content (AvgIpc) is 4.04. The number of halogens is 5. The second-order valence-electron chi connectivity index (χ2n) is 20.8. The summed E-state index contributed by atoms with van der Waals surface area (Å²) in [5.74, 6) is -2.26. The Bertz CT molecular complexity index is 3150. The number of benzene rings is 4. The highest BCUT2D eigenvalue weighted by Gasteiger charge is 2.64. The molecule has 0 N–H and O–H groups in total. The van der Waals surface area contributed by atoms with Gasteiger partial charge in [-0.3, -0.25) is 9.88 Å². The number of aryl methyl sites for hydroxylation is 1. The summed E-state index contributed by atoms with van der Waals surface area (Å²) in [4.78, 5) is 46.9. The summed E-state index contributed by atoms with van der Waals surface area (Å²) in [6.07, 6.45) is -2.38. The quantitative estimate of drug-likeness (QED) is 0.0801. The van der Waals surface area contributed by atoms with E-state index in [-0.39, 0.29) is 88.2 Å². The van der Waals surface area contributed by atoms with Gasteiger partial charge in [-0.1, -0.05) is 94.4 Å². The zero-order valence-corrected chi connectivity index (χ0v) is 42.6. The Hall–Kier alpha value is -6.25. The summed E-state index contributed by atoms with van der Waals surface area (Å²) in [5.41, 5.74) is -2.63. The van der Waals surface area contributed by atoms with E-state index in [4.69, 9.17) is 18.6 Å². The molecule has 9 rings (SSSR count). The van der Waals surface area contributed by atoms with Gasteiger partial charge in [0.1, 0.15) is 46.2 Å².